The van der Waals surface area contributed by atoms with Crippen molar-refractivity contribution in [1.82, 2.24) is 9.80 Å². The first-order chi connectivity index (χ1) is 8.58. The van der Waals surface area contributed by atoms with Crippen LogP contribution in [-0.4, -0.2) is 47.0 Å². The minimum Gasteiger partial charge on any atom is -0.481 e. The lowest BCUT2D eigenvalue weighted by Crippen LogP contribution is -2.39. The molecular weight excluding hydrogens is 252 g/mol. The summed E-state index contributed by atoms with van der Waals surface area (Å²) in [7, 11) is 1.75. The van der Waals surface area contributed by atoms with Gasteiger partial charge in [0.15, 0.2) is 0 Å². The summed E-state index contributed by atoms with van der Waals surface area (Å²) in [6, 6.07) is 3.85. The highest BCUT2D eigenvalue weighted by molar-refractivity contribution is 7.09. The summed E-state index contributed by atoms with van der Waals surface area (Å²) in [5.41, 5.74) is 0. The normalized spacial score (nSPS) is 18.9. The molecule has 2 heterocycles. The van der Waals surface area contributed by atoms with E-state index in [-0.39, 0.29) is 6.03 Å². The fourth-order valence-corrected chi connectivity index (χ4v) is 2.84. The van der Waals surface area contributed by atoms with Crippen LogP contribution in [0.15, 0.2) is 17.5 Å². The number of thiophene rings is 1. The van der Waals surface area contributed by atoms with E-state index in [1.54, 1.807) is 28.2 Å². The van der Waals surface area contributed by atoms with Gasteiger partial charge in [-0.25, -0.2) is 4.79 Å². The number of hydrogen-bond donors (Lipinski definition) is 1. The second kappa shape index (κ2) is 5.39. The Morgan fingerprint density at radius 1 is 1.61 bits per heavy atom. The fraction of sp³-hybridized carbons (Fsp3) is 0.500. The summed E-state index contributed by atoms with van der Waals surface area (Å²) in [6.45, 7) is 1.43. The van der Waals surface area contributed by atoms with Crippen molar-refractivity contribution >= 4 is 23.3 Å². The third kappa shape index (κ3) is 2.81. The summed E-state index contributed by atoms with van der Waals surface area (Å²) in [6.07, 6.45) is 0.550. The number of carboxylic acids is 1. The molecule has 98 valence electrons. The third-order valence-corrected chi connectivity index (χ3v) is 3.97. The monoisotopic (exact) mass is 268 g/mol. The van der Waals surface area contributed by atoms with E-state index >= 15 is 0 Å². The lowest BCUT2D eigenvalue weighted by molar-refractivity contribution is -0.141. The van der Waals surface area contributed by atoms with Gasteiger partial charge in [-0.3, -0.25) is 4.79 Å². The molecule has 1 fully saturated rings. The van der Waals surface area contributed by atoms with Crippen LogP contribution in [0.1, 0.15) is 11.3 Å². The van der Waals surface area contributed by atoms with Gasteiger partial charge in [0.05, 0.1) is 12.5 Å². The first-order valence-electron chi connectivity index (χ1n) is 5.83. The van der Waals surface area contributed by atoms with E-state index in [9.17, 15) is 9.59 Å². The zero-order valence-corrected chi connectivity index (χ0v) is 11.0. The lowest BCUT2D eigenvalue weighted by atomic mass is 10.1. The van der Waals surface area contributed by atoms with Gasteiger partial charge < -0.3 is 14.9 Å². The molecule has 1 atom stereocenters. The minimum absolute atomic E-state index is 0.0906. The van der Waals surface area contributed by atoms with E-state index < -0.39 is 11.9 Å². The van der Waals surface area contributed by atoms with Crippen molar-refractivity contribution in [3.8, 4) is 0 Å². The van der Waals surface area contributed by atoms with Crippen molar-refractivity contribution in [2.45, 2.75) is 13.0 Å². The highest BCUT2D eigenvalue weighted by Gasteiger charge is 2.32. The average Bonchev–Trinajstić information content (AvgIpc) is 2.98. The molecule has 1 unspecified atom stereocenters. The Balaban J connectivity index is 1.90. The number of nitrogens with zero attached hydrogens (tertiary/aromatic N) is 2. The molecule has 0 saturated carbocycles. The van der Waals surface area contributed by atoms with Crippen molar-refractivity contribution in [3.63, 3.8) is 0 Å². The molecule has 1 aromatic rings. The van der Waals surface area contributed by atoms with Crippen LogP contribution in [0.3, 0.4) is 0 Å². The van der Waals surface area contributed by atoms with E-state index in [1.165, 1.54) is 0 Å². The average molecular weight is 268 g/mol. The van der Waals surface area contributed by atoms with Crippen LogP contribution >= 0.6 is 11.3 Å². The Morgan fingerprint density at radius 3 is 2.94 bits per heavy atom. The summed E-state index contributed by atoms with van der Waals surface area (Å²) in [4.78, 5) is 27.3. The molecule has 2 amide bonds. The molecule has 1 N–H and O–H groups in total. The number of urea groups is 1. The smallest absolute Gasteiger partial charge is 0.320 e. The van der Waals surface area contributed by atoms with Crippen LogP contribution in [0.25, 0.3) is 0 Å². The van der Waals surface area contributed by atoms with Crippen LogP contribution < -0.4 is 0 Å². The number of carbonyl (C=O) groups excluding carboxylic acids is 1. The van der Waals surface area contributed by atoms with E-state index in [4.69, 9.17) is 5.11 Å². The standard InChI is InChI=1S/C12H16N2O3S/c1-13(8-10-3-2-6-18-10)12(17)14-5-4-9(7-14)11(15)16/h2-3,6,9H,4-5,7-8H2,1H3,(H,15,16). The molecule has 0 aliphatic carbocycles. The van der Waals surface area contributed by atoms with E-state index in [2.05, 4.69) is 0 Å². The predicted octanol–water partition coefficient (Wildman–Crippen LogP) is 1.71. The molecule has 1 aliphatic rings. The van der Waals surface area contributed by atoms with Gasteiger partial charge in [0.2, 0.25) is 0 Å². The summed E-state index contributed by atoms with van der Waals surface area (Å²) < 4.78 is 0. The van der Waals surface area contributed by atoms with Gasteiger partial charge in [-0.15, -0.1) is 11.3 Å². The second-order valence-corrected chi connectivity index (χ2v) is 5.52. The van der Waals surface area contributed by atoms with E-state index in [1.807, 2.05) is 17.5 Å². The van der Waals surface area contributed by atoms with Crippen molar-refractivity contribution in [3.05, 3.63) is 22.4 Å². The van der Waals surface area contributed by atoms with Crippen molar-refractivity contribution in [2.75, 3.05) is 20.1 Å². The molecule has 1 aliphatic heterocycles. The van der Waals surface area contributed by atoms with Gasteiger partial charge in [0.25, 0.3) is 0 Å². The first-order valence-corrected chi connectivity index (χ1v) is 6.71. The van der Waals surface area contributed by atoms with Crippen LogP contribution in [0, 0.1) is 5.92 Å². The maximum absolute atomic E-state index is 12.1. The second-order valence-electron chi connectivity index (χ2n) is 4.49. The van der Waals surface area contributed by atoms with Crippen molar-refractivity contribution < 1.29 is 14.7 Å². The van der Waals surface area contributed by atoms with Gasteiger partial charge in [-0.05, 0) is 17.9 Å². The predicted molar refractivity (Wildman–Crippen MR) is 68.5 cm³/mol. The molecule has 18 heavy (non-hydrogen) atoms. The van der Waals surface area contributed by atoms with Gasteiger partial charge in [-0.2, -0.15) is 0 Å². The van der Waals surface area contributed by atoms with Crippen LogP contribution in [-0.2, 0) is 11.3 Å². The number of hydrogen-bond acceptors (Lipinski definition) is 3. The highest BCUT2D eigenvalue weighted by Crippen LogP contribution is 2.19. The number of likely N-dealkylation sites (tertiary alicyclic amines) is 1. The Hall–Kier alpha value is -1.56. The number of aliphatic carboxylic acids is 1. The molecule has 0 radical (unpaired) electrons. The quantitative estimate of drug-likeness (QED) is 0.907. The summed E-state index contributed by atoms with van der Waals surface area (Å²) in [5.74, 6) is -1.23. The first kappa shape index (κ1) is 12.9. The highest BCUT2D eigenvalue weighted by atomic mass is 32.1. The Bertz CT molecular complexity index is 433. The summed E-state index contributed by atoms with van der Waals surface area (Å²) >= 11 is 1.61. The third-order valence-electron chi connectivity index (χ3n) is 3.11. The molecule has 1 saturated heterocycles. The Morgan fingerprint density at radius 2 is 2.39 bits per heavy atom. The van der Waals surface area contributed by atoms with E-state index in [0.717, 1.165) is 4.88 Å². The molecule has 1 aromatic heterocycles. The van der Waals surface area contributed by atoms with Crippen molar-refractivity contribution in [2.24, 2.45) is 5.92 Å². The topological polar surface area (TPSA) is 60.9 Å². The minimum atomic E-state index is -0.814. The van der Waals surface area contributed by atoms with Gasteiger partial charge in [0, 0.05) is 25.0 Å². The molecule has 0 spiro atoms. The molecule has 2 rings (SSSR count). The number of carbonyl (C=O) groups is 2. The lowest BCUT2D eigenvalue weighted by Gasteiger charge is -2.24. The maximum atomic E-state index is 12.1. The molecular formula is C12H16N2O3S. The largest absolute Gasteiger partial charge is 0.481 e. The van der Waals surface area contributed by atoms with Gasteiger partial charge >= 0.3 is 12.0 Å². The zero-order chi connectivity index (χ0) is 13.1. The summed E-state index contributed by atoms with van der Waals surface area (Å²) in [5, 5.41) is 10.9. The number of carboxylic acid groups (broad SMARTS) is 1. The van der Waals surface area contributed by atoms with Gasteiger partial charge in [0.1, 0.15) is 0 Å². The SMILES string of the molecule is CN(Cc1cccs1)C(=O)N1CCC(C(=O)O)C1. The molecule has 5 nitrogen and oxygen atoms in total. The van der Waals surface area contributed by atoms with E-state index in [0.29, 0.717) is 26.1 Å². The van der Waals surface area contributed by atoms with Crippen LogP contribution in [0.5, 0.6) is 0 Å². The Kier molecular flexibility index (Phi) is 3.86. The number of amides is 2. The zero-order valence-electron chi connectivity index (χ0n) is 10.2. The van der Waals surface area contributed by atoms with Gasteiger partial charge in [-0.1, -0.05) is 6.07 Å². The number of rotatable bonds is 3. The van der Waals surface area contributed by atoms with Crippen LogP contribution in [0.2, 0.25) is 0 Å². The Labute approximate surface area is 110 Å². The fourth-order valence-electron chi connectivity index (χ4n) is 2.08. The van der Waals surface area contributed by atoms with Crippen LogP contribution in [0.4, 0.5) is 4.79 Å². The maximum Gasteiger partial charge on any atom is 0.320 e. The molecule has 6 heteroatoms. The van der Waals surface area contributed by atoms with Crippen molar-refractivity contribution in [1.29, 1.82) is 0 Å². The molecule has 0 bridgehead atoms. The molecule has 0 aromatic carbocycles.